The maximum Gasteiger partial charge on any atom is 0.243 e. The number of amides is 1. The summed E-state index contributed by atoms with van der Waals surface area (Å²) < 4.78 is 2.01. The lowest BCUT2D eigenvalue weighted by Gasteiger charge is -2.27. The molecule has 2 aliphatic rings. The molecule has 8 nitrogen and oxygen atoms in total. The van der Waals surface area contributed by atoms with Gasteiger partial charge in [0.1, 0.15) is 12.4 Å². The van der Waals surface area contributed by atoms with Gasteiger partial charge in [0.05, 0.1) is 6.54 Å². The van der Waals surface area contributed by atoms with Crippen LogP contribution in [0, 0.1) is 0 Å². The highest BCUT2D eigenvalue weighted by atomic mass is 127. The van der Waals surface area contributed by atoms with Crippen LogP contribution in [-0.2, 0) is 24.2 Å². The summed E-state index contributed by atoms with van der Waals surface area (Å²) in [7, 11) is 3.52. The Morgan fingerprint density at radius 3 is 2.59 bits per heavy atom. The number of hydrogen-bond donors (Lipinski definition) is 2. The van der Waals surface area contributed by atoms with Gasteiger partial charge < -0.3 is 15.5 Å². The third-order valence-electron chi connectivity index (χ3n) is 5.13. The summed E-state index contributed by atoms with van der Waals surface area (Å²) in [6, 6.07) is 0.698. The smallest absolute Gasteiger partial charge is 0.243 e. The molecule has 0 saturated heterocycles. The Labute approximate surface area is 178 Å². The molecule has 9 heteroatoms. The summed E-state index contributed by atoms with van der Waals surface area (Å²) in [6.07, 6.45) is 7.62. The number of guanidine groups is 1. The van der Waals surface area contributed by atoms with E-state index in [2.05, 4.69) is 32.6 Å². The largest absolute Gasteiger partial charge is 0.354 e. The van der Waals surface area contributed by atoms with Crippen molar-refractivity contribution in [3.63, 3.8) is 0 Å². The van der Waals surface area contributed by atoms with Crippen molar-refractivity contribution in [1.29, 1.82) is 0 Å². The molecule has 0 bridgehead atoms. The number of aliphatic imine (C=N–C) groups is 1. The van der Waals surface area contributed by atoms with Crippen LogP contribution >= 0.6 is 24.0 Å². The molecule has 1 fully saturated rings. The van der Waals surface area contributed by atoms with Gasteiger partial charge in [-0.25, -0.2) is 14.7 Å². The highest BCUT2D eigenvalue weighted by Gasteiger charge is 2.24. The molecule has 0 aromatic carbocycles. The first-order chi connectivity index (χ1) is 12.5. The molecule has 1 amide bonds. The Balaban J connectivity index is 0.00000261. The van der Waals surface area contributed by atoms with Gasteiger partial charge >= 0.3 is 0 Å². The van der Waals surface area contributed by atoms with Crippen LogP contribution in [0.5, 0.6) is 0 Å². The zero-order chi connectivity index (χ0) is 18.5. The predicted octanol–water partition coefficient (Wildman–Crippen LogP) is 1.34. The second kappa shape index (κ2) is 10.2. The molecule has 1 aliphatic heterocycles. The molecule has 3 rings (SSSR count). The molecule has 0 spiro atoms. The average molecular weight is 489 g/mol. The van der Waals surface area contributed by atoms with Crippen LogP contribution < -0.4 is 10.6 Å². The van der Waals surface area contributed by atoms with E-state index in [-0.39, 0.29) is 42.5 Å². The highest BCUT2D eigenvalue weighted by molar-refractivity contribution is 14.0. The molecular formula is C18H32IN7O. The third kappa shape index (κ3) is 6.05. The lowest BCUT2D eigenvalue weighted by Crippen LogP contribution is -2.49. The number of carbonyl (C=O) groups excluding carboxylic acids is 1. The van der Waals surface area contributed by atoms with Gasteiger partial charge in [-0.2, -0.15) is 5.10 Å². The van der Waals surface area contributed by atoms with E-state index in [1.807, 2.05) is 4.68 Å². The first-order valence-electron chi connectivity index (χ1n) is 9.75. The SMILES string of the molecule is CCc1nc2n(n1)CC(NC(=NCC(=O)N(C)C)NC1CCCC1)CC2.I. The fourth-order valence-electron chi connectivity index (χ4n) is 3.51. The summed E-state index contributed by atoms with van der Waals surface area (Å²) in [4.78, 5) is 22.6. The zero-order valence-corrected chi connectivity index (χ0v) is 18.9. The van der Waals surface area contributed by atoms with Crippen LogP contribution in [0.4, 0.5) is 0 Å². The number of nitrogens with one attached hydrogen (secondary N) is 2. The zero-order valence-electron chi connectivity index (χ0n) is 16.6. The minimum absolute atomic E-state index is 0. The Morgan fingerprint density at radius 1 is 1.22 bits per heavy atom. The summed E-state index contributed by atoms with van der Waals surface area (Å²) in [6.45, 7) is 3.03. The number of likely N-dealkylation sites (N-methyl/N-ethyl adjacent to an activating group) is 1. The first-order valence-corrected chi connectivity index (χ1v) is 9.75. The van der Waals surface area contributed by atoms with E-state index in [9.17, 15) is 4.79 Å². The van der Waals surface area contributed by atoms with Crippen LogP contribution in [0.1, 0.15) is 50.7 Å². The Morgan fingerprint density at radius 2 is 1.93 bits per heavy atom. The van der Waals surface area contributed by atoms with Crippen molar-refractivity contribution in [2.75, 3.05) is 20.6 Å². The van der Waals surface area contributed by atoms with Gasteiger partial charge in [0, 0.05) is 39.0 Å². The van der Waals surface area contributed by atoms with Crippen molar-refractivity contribution in [3.8, 4) is 0 Å². The molecular weight excluding hydrogens is 457 g/mol. The van der Waals surface area contributed by atoms with E-state index in [0.29, 0.717) is 6.04 Å². The molecule has 2 heterocycles. The third-order valence-corrected chi connectivity index (χ3v) is 5.13. The lowest BCUT2D eigenvalue weighted by molar-refractivity contribution is -0.127. The molecule has 152 valence electrons. The predicted molar refractivity (Wildman–Crippen MR) is 116 cm³/mol. The molecule has 1 aromatic heterocycles. The van der Waals surface area contributed by atoms with Gasteiger partial charge in [-0.05, 0) is 19.3 Å². The van der Waals surface area contributed by atoms with Gasteiger partial charge in [0.25, 0.3) is 0 Å². The van der Waals surface area contributed by atoms with E-state index in [1.54, 1.807) is 19.0 Å². The highest BCUT2D eigenvalue weighted by Crippen LogP contribution is 2.18. The lowest BCUT2D eigenvalue weighted by atomic mass is 10.1. The molecule has 1 atom stereocenters. The van der Waals surface area contributed by atoms with Crippen molar-refractivity contribution in [3.05, 3.63) is 11.6 Å². The summed E-state index contributed by atoms with van der Waals surface area (Å²) in [5.41, 5.74) is 0. The first kappa shape index (κ1) is 21.9. The molecule has 2 N–H and O–H groups in total. The Hall–Kier alpha value is -1.39. The van der Waals surface area contributed by atoms with Crippen LogP contribution in [0.15, 0.2) is 4.99 Å². The quantitative estimate of drug-likeness (QED) is 0.371. The molecule has 0 radical (unpaired) electrons. The van der Waals surface area contributed by atoms with Crippen LogP contribution in [0.25, 0.3) is 0 Å². The van der Waals surface area contributed by atoms with Crippen LogP contribution in [0.3, 0.4) is 0 Å². The molecule has 1 aliphatic carbocycles. The van der Waals surface area contributed by atoms with Gasteiger partial charge in [0.15, 0.2) is 11.8 Å². The molecule has 1 unspecified atom stereocenters. The normalized spacial score (nSPS) is 20.0. The number of carbonyl (C=O) groups is 1. The summed E-state index contributed by atoms with van der Waals surface area (Å²) in [5, 5.41) is 11.6. The number of hydrogen-bond acceptors (Lipinski definition) is 4. The van der Waals surface area contributed by atoms with Crippen LogP contribution in [0.2, 0.25) is 0 Å². The summed E-state index contributed by atoms with van der Waals surface area (Å²) in [5.74, 6) is 2.74. The molecule has 1 saturated carbocycles. The average Bonchev–Trinajstić information content (AvgIpc) is 3.27. The second-order valence-corrected chi connectivity index (χ2v) is 7.44. The second-order valence-electron chi connectivity index (χ2n) is 7.44. The molecule has 27 heavy (non-hydrogen) atoms. The van der Waals surface area contributed by atoms with Gasteiger partial charge in [-0.1, -0.05) is 19.8 Å². The standard InChI is InChI=1S/C18H31N7O.HI/c1-4-15-22-16-10-9-14(12-25(16)23-15)21-18(19-11-17(26)24(2)3)20-13-7-5-6-8-13;/h13-14H,4-12H2,1-3H3,(H2,19,20,21);1H. The minimum Gasteiger partial charge on any atom is -0.354 e. The van der Waals surface area contributed by atoms with Gasteiger partial charge in [-0.15, -0.1) is 24.0 Å². The van der Waals surface area contributed by atoms with Crippen molar-refractivity contribution in [2.24, 2.45) is 4.99 Å². The van der Waals surface area contributed by atoms with E-state index in [1.165, 1.54) is 25.7 Å². The maximum absolute atomic E-state index is 11.9. The fourth-order valence-corrected chi connectivity index (χ4v) is 3.51. The Bertz CT molecular complexity index is 652. The monoisotopic (exact) mass is 489 g/mol. The number of nitrogens with zero attached hydrogens (tertiary/aromatic N) is 5. The van der Waals surface area contributed by atoms with E-state index in [4.69, 9.17) is 0 Å². The van der Waals surface area contributed by atoms with Gasteiger partial charge in [-0.3, -0.25) is 4.79 Å². The van der Waals surface area contributed by atoms with Crippen molar-refractivity contribution in [2.45, 2.75) is 70.5 Å². The van der Waals surface area contributed by atoms with E-state index < -0.39 is 0 Å². The number of fused-ring (bicyclic) bond motifs is 1. The fraction of sp³-hybridized carbons (Fsp3) is 0.778. The summed E-state index contributed by atoms with van der Waals surface area (Å²) >= 11 is 0. The maximum atomic E-state index is 11.9. The number of aromatic nitrogens is 3. The minimum atomic E-state index is 0. The Kier molecular flexibility index (Phi) is 8.30. The topological polar surface area (TPSA) is 87.4 Å². The van der Waals surface area contributed by atoms with Gasteiger partial charge in [0.2, 0.25) is 5.91 Å². The number of halogens is 1. The number of rotatable bonds is 5. The van der Waals surface area contributed by atoms with E-state index >= 15 is 0 Å². The van der Waals surface area contributed by atoms with Crippen molar-refractivity contribution < 1.29 is 4.79 Å². The van der Waals surface area contributed by atoms with Crippen molar-refractivity contribution in [1.82, 2.24) is 30.3 Å². The van der Waals surface area contributed by atoms with Crippen LogP contribution in [-0.4, -0.2) is 64.3 Å². The van der Waals surface area contributed by atoms with Crippen molar-refractivity contribution >= 4 is 35.8 Å². The molecule has 1 aromatic rings. The van der Waals surface area contributed by atoms with E-state index in [0.717, 1.165) is 43.4 Å². The number of aryl methyl sites for hydroxylation is 2.